The maximum absolute atomic E-state index is 11.9. The van der Waals surface area contributed by atoms with E-state index in [1.165, 1.54) is 0 Å². The molecule has 7 nitrogen and oxygen atoms in total. The molecular formula is C12H19N3O4. The topological polar surface area (TPSA) is 99.6 Å². The highest BCUT2D eigenvalue weighted by molar-refractivity contribution is 5.69. The average Bonchev–Trinajstić information content (AvgIpc) is 2.84. The van der Waals surface area contributed by atoms with Gasteiger partial charge in [0.05, 0.1) is 6.61 Å². The second-order valence-electron chi connectivity index (χ2n) is 5.63. The first kappa shape index (κ1) is 13.7. The molecule has 0 bridgehead atoms. The first-order valence-electron chi connectivity index (χ1n) is 6.12. The molecule has 1 aromatic heterocycles. The van der Waals surface area contributed by atoms with Crippen molar-refractivity contribution in [1.29, 1.82) is 0 Å². The third-order valence-corrected chi connectivity index (χ3v) is 2.78. The number of amides is 1. The van der Waals surface area contributed by atoms with Crippen molar-refractivity contribution < 1.29 is 18.8 Å². The summed E-state index contributed by atoms with van der Waals surface area (Å²) in [5.41, 5.74) is 4.78. The minimum absolute atomic E-state index is 0.201. The molecule has 0 saturated carbocycles. The zero-order chi connectivity index (χ0) is 14.1. The molecule has 1 amide bonds. The van der Waals surface area contributed by atoms with Crippen LogP contribution >= 0.6 is 0 Å². The van der Waals surface area contributed by atoms with E-state index in [0.717, 1.165) is 0 Å². The number of carbonyl (C=O) groups excluding carboxylic acids is 1. The highest BCUT2D eigenvalue weighted by atomic mass is 16.6. The molecule has 7 heteroatoms. The maximum atomic E-state index is 11.9. The number of nitrogens with one attached hydrogen (secondary N) is 1. The largest absolute Gasteiger partial charge is 0.444 e. The quantitative estimate of drug-likeness (QED) is 0.841. The lowest BCUT2D eigenvalue weighted by Crippen LogP contribution is -2.48. The van der Waals surface area contributed by atoms with Crippen LogP contribution in [0, 0.1) is 0 Å². The van der Waals surface area contributed by atoms with Crippen LogP contribution in [0.25, 0.3) is 0 Å². The van der Waals surface area contributed by atoms with E-state index in [1.54, 1.807) is 26.8 Å². The van der Waals surface area contributed by atoms with Gasteiger partial charge in [0, 0.05) is 19.1 Å². The lowest BCUT2D eigenvalue weighted by molar-refractivity contribution is 0.0431. The van der Waals surface area contributed by atoms with Gasteiger partial charge in [-0.2, -0.15) is 0 Å². The predicted molar refractivity (Wildman–Crippen MR) is 67.4 cm³/mol. The lowest BCUT2D eigenvalue weighted by Gasteiger charge is -2.28. The number of nitrogen functional groups attached to an aromatic ring is 1. The van der Waals surface area contributed by atoms with Crippen molar-refractivity contribution in [2.75, 3.05) is 18.9 Å². The predicted octanol–water partition coefficient (Wildman–Crippen LogP) is 1.40. The highest BCUT2D eigenvalue weighted by Crippen LogP contribution is 2.31. The third-order valence-electron chi connectivity index (χ3n) is 2.78. The fourth-order valence-corrected chi connectivity index (χ4v) is 1.94. The Labute approximate surface area is 111 Å². The Kier molecular flexibility index (Phi) is 3.40. The number of nitrogens with two attached hydrogens (primary N) is 1. The van der Waals surface area contributed by atoms with Crippen molar-refractivity contribution >= 4 is 12.0 Å². The summed E-state index contributed by atoms with van der Waals surface area (Å²) in [6.07, 6.45) is 0.0812. The van der Waals surface area contributed by atoms with E-state index in [1.807, 2.05) is 0 Å². The van der Waals surface area contributed by atoms with E-state index in [0.29, 0.717) is 25.3 Å². The van der Waals surface area contributed by atoms with Crippen LogP contribution < -0.4 is 11.1 Å². The fourth-order valence-electron chi connectivity index (χ4n) is 1.94. The van der Waals surface area contributed by atoms with Crippen molar-refractivity contribution in [1.82, 2.24) is 10.5 Å². The summed E-state index contributed by atoms with van der Waals surface area (Å²) in [6, 6.07) is 1.59. The zero-order valence-electron chi connectivity index (χ0n) is 11.4. The summed E-state index contributed by atoms with van der Waals surface area (Å²) in [5.74, 6) is 0.201. The van der Waals surface area contributed by atoms with Crippen LogP contribution in [-0.2, 0) is 15.0 Å². The Morgan fingerprint density at radius 3 is 2.79 bits per heavy atom. The molecule has 1 saturated heterocycles. The SMILES string of the molecule is CC(C)(C)OC(=O)NC1(c2cc(N)on2)CCOC1. The van der Waals surface area contributed by atoms with E-state index >= 15 is 0 Å². The number of anilines is 1. The number of hydrogen-bond donors (Lipinski definition) is 2. The van der Waals surface area contributed by atoms with Gasteiger partial charge in [0.15, 0.2) is 0 Å². The Balaban J connectivity index is 2.15. The molecule has 0 aromatic carbocycles. The van der Waals surface area contributed by atoms with Gasteiger partial charge in [-0.3, -0.25) is 0 Å². The van der Waals surface area contributed by atoms with Gasteiger partial charge in [0.25, 0.3) is 0 Å². The molecule has 1 atom stereocenters. The monoisotopic (exact) mass is 269 g/mol. The first-order valence-corrected chi connectivity index (χ1v) is 6.12. The smallest absolute Gasteiger partial charge is 0.408 e. The Bertz CT molecular complexity index is 458. The standard InChI is InChI=1S/C12H19N3O4/c1-11(2,3)18-10(16)14-12(4-5-17-7-12)8-6-9(13)19-15-8/h6H,4-5,7,13H2,1-3H3,(H,14,16). The molecule has 0 aliphatic carbocycles. The van der Waals surface area contributed by atoms with Crippen molar-refractivity contribution in [3.8, 4) is 0 Å². The summed E-state index contributed by atoms with van der Waals surface area (Å²) in [7, 11) is 0. The maximum Gasteiger partial charge on any atom is 0.408 e. The van der Waals surface area contributed by atoms with Crippen LogP contribution in [0.3, 0.4) is 0 Å². The second kappa shape index (κ2) is 4.73. The Hall–Kier alpha value is -1.76. The molecule has 0 spiro atoms. The first-order chi connectivity index (χ1) is 8.81. The van der Waals surface area contributed by atoms with Crippen molar-refractivity contribution in [3.63, 3.8) is 0 Å². The van der Waals surface area contributed by atoms with E-state index in [2.05, 4.69) is 10.5 Å². The van der Waals surface area contributed by atoms with Gasteiger partial charge in [-0.15, -0.1) is 0 Å². The van der Waals surface area contributed by atoms with E-state index in [4.69, 9.17) is 19.7 Å². The number of alkyl carbamates (subject to hydrolysis) is 1. The lowest BCUT2D eigenvalue weighted by atomic mass is 9.94. The molecule has 2 rings (SSSR count). The number of aromatic nitrogens is 1. The Morgan fingerprint density at radius 1 is 1.58 bits per heavy atom. The highest BCUT2D eigenvalue weighted by Gasteiger charge is 2.42. The number of nitrogens with zero attached hydrogens (tertiary/aromatic N) is 1. The minimum atomic E-state index is -0.733. The van der Waals surface area contributed by atoms with Gasteiger partial charge in [0.2, 0.25) is 5.88 Å². The van der Waals surface area contributed by atoms with Crippen LogP contribution in [-0.4, -0.2) is 30.1 Å². The number of rotatable bonds is 2. The summed E-state index contributed by atoms with van der Waals surface area (Å²) in [6.45, 7) is 6.26. The summed E-state index contributed by atoms with van der Waals surface area (Å²) < 4.78 is 15.5. The van der Waals surface area contributed by atoms with E-state index in [-0.39, 0.29) is 5.88 Å². The fraction of sp³-hybridized carbons (Fsp3) is 0.667. The van der Waals surface area contributed by atoms with Gasteiger partial charge < -0.3 is 25.0 Å². The average molecular weight is 269 g/mol. The summed E-state index contributed by atoms with van der Waals surface area (Å²) in [4.78, 5) is 11.9. The van der Waals surface area contributed by atoms with E-state index < -0.39 is 17.2 Å². The van der Waals surface area contributed by atoms with Gasteiger partial charge in [-0.1, -0.05) is 5.16 Å². The number of carbonyl (C=O) groups is 1. The molecule has 106 valence electrons. The van der Waals surface area contributed by atoms with Crippen LogP contribution in [0.15, 0.2) is 10.6 Å². The van der Waals surface area contributed by atoms with Crippen LogP contribution in [0.2, 0.25) is 0 Å². The van der Waals surface area contributed by atoms with Crippen LogP contribution in [0.4, 0.5) is 10.7 Å². The molecule has 0 radical (unpaired) electrons. The number of ether oxygens (including phenoxy) is 2. The summed E-state index contributed by atoms with van der Waals surface area (Å²) >= 11 is 0. The van der Waals surface area contributed by atoms with Crippen LogP contribution in [0.1, 0.15) is 32.9 Å². The molecule has 19 heavy (non-hydrogen) atoms. The molecule has 1 aliphatic heterocycles. The van der Waals surface area contributed by atoms with Gasteiger partial charge in [-0.05, 0) is 20.8 Å². The number of hydrogen-bond acceptors (Lipinski definition) is 6. The molecular weight excluding hydrogens is 250 g/mol. The molecule has 1 unspecified atom stereocenters. The summed E-state index contributed by atoms with van der Waals surface area (Å²) in [5, 5.41) is 6.68. The molecule has 2 heterocycles. The molecule has 1 aromatic rings. The van der Waals surface area contributed by atoms with Gasteiger partial charge >= 0.3 is 6.09 Å². The zero-order valence-corrected chi connectivity index (χ0v) is 11.4. The van der Waals surface area contributed by atoms with Crippen molar-refractivity contribution in [2.24, 2.45) is 0 Å². The minimum Gasteiger partial charge on any atom is -0.444 e. The Morgan fingerprint density at radius 2 is 2.32 bits per heavy atom. The normalized spacial score (nSPS) is 23.3. The molecule has 3 N–H and O–H groups in total. The molecule has 1 aliphatic rings. The third kappa shape index (κ3) is 3.17. The van der Waals surface area contributed by atoms with Crippen molar-refractivity contribution in [2.45, 2.75) is 38.3 Å². The van der Waals surface area contributed by atoms with E-state index in [9.17, 15) is 4.79 Å². The van der Waals surface area contributed by atoms with Crippen molar-refractivity contribution in [3.05, 3.63) is 11.8 Å². The van der Waals surface area contributed by atoms with Gasteiger partial charge in [-0.25, -0.2) is 4.79 Å². The van der Waals surface area contributed by atoms with Gasteiger partial charge in [0.1, 0.15) is 16.8 Å². The van der Waals surface area contributed by atoms with Crippen LogP contribution in [0.5, 0.6) is 0 Å². The molecule has 1 fully saturated rings. The second-order valence-corrected chi connectivity index (χ2v) is 5.63.